The quantitative estimate of drug-likeness (QED) is 0.164. The Kier molecular flexibility index (Phi) is 8.69. The van der Waals surface area contributed by atoms with Gasteiger partial charge in [-0.15, -0.1) is 0 Å². The van der Waals surface area contributed by atoms with E-state index in [-0.39, 0.29) is 0 Å². The van der Waals surface area contributed by atoms with E-state index in [2.05, 4.69) is 145 Å². The van der Waals surface area contributed by atoms with Crippen LogP contribution in [0.3, 0.4) is 0 Å². The highest BCUT2D eigenvalue weighted by Gasteiger charge is 2.28. The van der Waals surface area contributed by atoms with Crippen LogP contribution in [0.1, 0.15) is 0 Å². The van der Waals surface area contributed by atoms with Gasteiger partial charge in [-0.05, 0) is 81.4 Å². The standard InChI is InChI=1S/C37H24Br3ClO/c1-42-29-20-16-24(17-21-29)33-32(23-8-3-2-4-9-23)34(25-14-18-27(38)19-15-25)37(41)35(26-10-7-11-28(39)22-26)36(33)30-12-5-6-13-31(30)40/h2-22H,1H3. The molecule has 6 rings (SSSR count). The van der Waals surface area contributed by atoms with E-state index in [1.165, 1.54) is 0 Å². The Hall–Kier alpha value is -3.15. The van der Waals surface area contributed by atoms with Gasteiger partial charge in [0, 0.05) is 30.1 Å². The molecule has 0 saturated carbocycles. The van der Waals surface area contributed by atoms with Gasteiger partial charge in [0.2, 0.25) is 0 Å². The largest absolute Gasteiger partial charge is 0.497 e. The Bertz CT molecular complexity index is 1880. The number of hydrogen-bond acceptors (Lipinski definition) is 1. The summed E-state index contributed by atoms with van der Waals surface area (Å²) >= 11 is 18.9. The lowest BCUT2D eigenvalue weighted by molar-refractivity contribution is 0.415. The van der Waals surface area contributed by atoms with Crippen molar-refractivity contribution in [2.75, 3.05) is 7.11 Å². The molecule has 0 aliphatic carbocycles. The van der Waals surface area contributed by atoms with Gasteiger partial charge in [0.05, 0.1) is 12.1 Å². The maximum Gasteiger partial charge on any atom is 0.118 e. The maximum atomic E-state index is 7.68. The van der Waals surface area contributed by atoms with E-state index in [1.807, 2.05) is 30.3 Å². The molecule has 0 aromatic heterocycles. The lowest BCUT2D eigenvalue weighted by Crippen LogP contribution is -2.00. The van der Waals surface area contributed by atoms with Crippen LogP contribution in [0.2, 0.25) is 5.02 Å². The lowest BCUT2D eigenvalue weighted by Gasteiger charge is -2.27. The lowest BCUT2D eigenvalue weighted by atomic mass is 9.78. The van der Waals surface area contributed by atoms with Crippen LogP contribution in [0.5, 0.6) is 5.75 Å². The Morgan fingerprint density at radius 1 is 0.476 bits per heavy atom. The summed E-state index contributed by atoms with van der Waals surface area (Å²) in [5, 5.41) is 0.692. The maximum absolute atomic E-state index is 7.68. The average molecular weight is 760 g/mol. The fourth-order valence-corrected chi connectivity index (χ4v) is 6.95. The first-order valence-corrected chi connectivity index (χ1v) is 16.1. The van der Waals surface area contributed by atoms with Crippen LogP contribution in [0, 0.1) is 0 Å². The normalized spacial score (nSPS) is 11.0. The molecule has 42 heavy (non-hydrogen) atoms. The van der Waals surface area contributed by atoms with Gasteiger partial charge < -0.3 is 4.74 Å². The van der Waals surface area contributed by atoms with Crippen molar-refractivity contribution in [3.8, 4) is 61.4 Å². The summed E-state index contributed by atoms with van der Waals surface area (Å²) in [7, 11) is 1.69. The number of rotatable bonds is 6. The molecule has 0 aliphatic heterocycles. The molecule has 0 radical (unpaired) electrons. The third-order valence-corrected chi connectivity index (χ3v) is 9.36. The van der Waals surface area contributed by atoms with Gasteiger partial charge in [-0.3, -0.25) is 0 Å². The van der Waals surface area contributed by atoms with Gasteiger partial charge in [0.1, 0.15) is 5.75 Å². The molecular formula is C37H24Br3ClO. The monoisotopic (exact) mass is 756 g/mol. The van der Waals surface area contributed by atoms with Crippen LogP contribution in [0.25, 0.3) is 55.6 Å². The van der Waals surface area contributed by atoms with E-state index in [4.69, 9.17) is 16.3 Å². The number of halogens is 4. The molecule has 6 aromatic rings. The van der Waals surface area contributed by atoms with Crippen molar-refractivity contribution in [3.05, 3.63) is 146 Å². The van der Waals surface area contributed by atoms with Crippen LogP contribution in [0.4, 0.5) is 0 Å². The van der Waals surface area contributed by atoms with E-state index < -0.39 is 0 Å². The van der Waals surface area contributed by atoms with Gasteiger partial charge in [-0.2, -0.15) is 0 Å². The van der Waals surface area contributed by atoms with Crippen molar-refractivity contribution in [1.29, 1.82) is 0 Å². The molecule has 0 aliphatic rings. The van der Waals surface area contributed by atoms with Crippen molar-refractivity contribution < 1.29 is 4.74 Å². The molecule has 0 spiro atoms. The Morgan fingerprint density at radius 3 is 1.69 bits per heavy atom. The molecule has 1 nitrogen and oxygen atoms in total. The fraction of sp³-hybridized carbons (Fsp3) is 0.0270. The summed E-state index contributed by atoms with van der Waals surface area (Å²) in [5.74, 6) is 0.803. The molecule has 0 N–H and O–H groups in total. The highest BCUT2D eigenvalue weighted by molar-refractivity contribution is 9.11. The van der Waals surface area contributed by atoms with Gasteiger partial charge in [-0.1, -0.05) is 144 Å². The zero-order valence-corrected chi connectivity index (χ0v) is 28.1. The van der Waals surface area contributed by atoms with Gasteiger partial charge in [-0.25, -0.2) is 0 Å². The van der Waals surface area contributed by atoms with Crippen molar-refractivity contribution in [2.45, 2.75) is 0 Å². The molecule has 0 heterocycles. The van der Waals surface area contributed by atoms with E-state index in [1.54, 1.807) is 7.11 Å². The highest BCUT2D eigenvalue weighted by atomic mass is 79.9. The highest BCUT2D eigenvalue weighted by Crippen LogP contribution is 2.55. The van der Waals surface area contributed by atoms with Crippen molar-refractivity contribution in [2.24, 2.45) is 0 Å². The number of methoxy groups -OCH3 is 1. The molecule has 0 unspecified atom stereocenters. The first kappa shape index (κ1) is 28.9. The molecule has 0 fully saturated rings. The number of benzene rings is 6. The zero-order valence-electron chi connectivity index (χ0n) is 22.5. The molecule has 0 bridgehead atoms. The molecular weight excluding hydrogens is 736 g/mol. The van der Waals surface area contributed by atoms with Crippen molar-refractivity contribution in [1.82, 2.24) is 0 Å². The predicted molar refractivity (Wildman–Crippen MR) is 188 cm³/mol. The van der Waals surface area contributed by atoms with Crippen LogP contribution in [-0.4, -0.2) is 7.11 Å². The van der Waals surface area contributed by atoms with Crippen LogP contribution < -0.4 is 4.74 Å². The van der Waals surface area contributed by atoms with Crippen LogP contribution in [-0.2, 0) is 0 Å². The summed E-state index contributed by atoms with van der Waals surface area (Å²) in [5.41, 5.74) is 10.4. The van der Waals surface area contributed by atoms with E-state index in [0.717, 1.165) is 74.8 Å². The van der Waals surface area contributed by atoms with Crippen molar-refractivity contribution >= 4 is 59.4 Å². The first-order chi connectivity index (χ1) is 20.5. The molecule has 0 atom stereocenters. The van der Waals surface area contributed by atoms with Crippen LogP contribution >= 0.6 is 59.4 Å². The third kappa shape index (κ3) is 5.61. The summed E-state index contributed by atoms with van der Waals surface area (Å²) < 4.78 is 8.53. The molecule has 206 valence electrons. The van der Waals surface area contributed by atoms with Gasteiger partial charge >= 0.3 is 0 Å². The third-order valence-electron chi connectivity index (χ3n) is 7.27. The SMILES string of the molecule is COc1ccc(-c2c(-c3ccccc3)c(-c3ccc(Br)cc3)c(Cl)c(-c3cccc(Br)c3)c2-c2ccccc2Br)cc1. The average Bonchev–Trinajstić information content (AvgIpc) is 3.02. The second-order valence-electron chi connectivity index (χ2n) is 9.78. The molecule has 6 aromatic carbocycles. The van der Waals surface area contributed by atoms with E-state index >= 15 is 0 Å². The smallest absolute Gasteiger partial charge is 0.118 e. The van der Waals surface area contributed by atoms with Gasteiger partial charge in [0.15, 0.2) is 0 Å². The first-order valence-electron chi connectivity index (χ1n) is 13.3. The number of ether oxygens (including phenoxy) is 1. The summed E-state index contributed by atoms with van der Waals surface area (Å²) in [6.07, 6.45) is 0. The minimum atomic E-state index is 0.692. The summed E-state index contributed by atoms with van der Waals surface area (Å²) in [6, 6.07) is 43.9. The minimum absolute atomic E-state index is 0.692. The second kappa shape index (κ2) is 12.6. The molecule has 5 heteroatoms. The van der Waals surface area contributed by atoms with Crippen LogP contribution in [0.15, 0.2) is 141 Å². The fourth-order valence-electron chi connectivity index (χ4n) is 5.40. The van der Waals surface area contributed by atoms with Gasteiger partial charge in [0.25, 0.3) is 0 Å². The Morgan fingerprint density at radius 2 is 1.02 bits per heavy atom. The second-order valence-corrected chi connectivity index (χ2v) is 12.8. The molecule has 0 saturated heterocycles. The van der Waals surface area contributed by atoms with E-state index in [9.17, 15) is 0 Å². The zero-order chi connectivity index (χ0) is 29.2. The minimum Gasteiger partial charge on any atom is -0.497 e. The summed E-state index contributed by atoms with van der Waals surface area (Å²) in [4.78, 5) is 0. The molecule has 0 amide bonds. The predicted octanol–water partition coefficient (Wildman–Crippen LogP) is 13.0. The summed E-state index contributed by atoms with van der Waals surface area (Å²) in [6.45, 7) is 0. The van der Waals surface area contributed by atoms with Crippen molar-refractivity contribution in [3.63, 3.8) is 0 Å². The number of hydrogen-bond donors (Lipinski definition) is 0. The topological polar surface area (TPSA) is 9.23 Å². The Labute approximate surface area is 276 Å². The Balaban J connectivity index is 1.89. The van der Waals surface area contributed by atoms with E-state index in [0.29, 0.717) is 5.02 Å².